The third-order valence-corrected chi connectivity index (χ3v) is 7.55. The second-order valence-corrected chi connectivity index (χ2v) is 9.52. The van der Waals surface area contributed by atoms with Crippen molar-refractivity contribution in [1.29, 1.82) is 0 Å². The van der Waals surface area contributed by atoms with Crippen LogP contribution in [0.3, 0.4) is 0 Å². The van der Waals surface area contributed by atoms with Crippen molar-refractivity contribution >= 4 is 27.2 Å². The zero-order chi connectivity index (χ0) is 21.1. The van der Waals surface area contributed by atoms with Crippen molar-refractivity contribution in [2.45, 2.75) is 38.1 Å². The van der Waals surface area contributed by atoms with Crippen LogP contribution in [-0.2, 0) is 14.8 Å². The summed E-state index contributed by atoms with van der Waals surface area (Å²) >= 11 is 0. The number of carbonyl (C=O) groups is 1. The number of nitrogens with zero attached hydrogens (tertiary/aromatic N) is 1. The highest BCUT2D eigenvalue weighted by Gasteiger charge is 2.41. The normalized spacial score (nSPS) is 18.6. The molecule has 0 aromatic heterocycles. The quantitative estimate of drug-likeness (QED) is 0.734. The Morgan fingerprint density at radius 1 is 1.03 bits per heavy atom. The van der Waals surface area contributed by atoms with Crippen LogP contribution in [0.4, 0.5) is 5.69 Å². The fourth-order valence-corrected chi connectivity index (χ4v) is 6.05. The Balaban J connectivity index is 1.92. The van der Waals surface area contributed by atoms with Gasteiger partial charge in [-0.15, -0.1) is 6.58 Å². The minimum atomic E-state index is -4.06. The predicted octanol–water partition coefficient (Wildman–Crippen LogP) is 4.23. The lowest BCUT2D eigenvalue weighted by Crippen LogP contribution is -2.44. The van der Waals surface area contributed by atoms with Crippen molar-refractivity contribution in [2.75, 3.05) is 10.8 Å². The molecule has 0 bridgehead atoms. The lowest BCUT2D eigenvalue weighted by molar-refractivity contribution is -0.117. The summed E-state index contributed by atoms with van der Waals surface area (Å²) in [5, 5.41) is 3.01. The summed E-state index contributed by atoms with van der Waals surface area (Å²) < 4.78 is 28.7. The fraction of sp³-hybridized carbons (Fsp3) is 0.292. The summed E-state index contributed by atoms with van der Waals surface area (Å²) in [7, 11) is -4.06. The van der Waals surface area contributed by atoms with Gasteiger partial charge in [0.2, 0.25) is 0 Å². The Hall–Kier alpha value is -2.86. The molecule has 1 aliphatic carbocycles. The van der Waals surface area contributed by atoms with Gasteiger partial charge in [-0.1, -0.05) is 73.9 Å². The van der Waals surface area contributed by atoms with E-state index in [4.69, 9.17) is 0 Å². The van der Waals surface area contributed by atoms with Gasteiger partial charge < -0.3 is 5.32 Å². The molecule has 2 aromatic rings. The Morgan fingerprint density at radius 2 is 1.70 bits per heavy atom. The Bertz CT molecular complexity index is 1080. The third kappa shape index (κ3) is 3.67. The summed E-state index contributed by atoms with van der Waals surface area (Å²) in [6.07, 6.45) is 6.56. The van der Waals surface area contributed by atoms with Crippen LogP contribution in [0, 0.1) is 0 Å². The van der Waals surface area contributed by atoms with Gasteiger partial charge in [0.05, 0.1) is 12.2 Å². The van der Waals surface area contributed by atoms with Gasteiger partial charge in [0, 0.05) is 17.2 Å². The van der Waals surface area contributed by atoms with Gasteiger partial charge in [0.15, 0.2) is 4.91 Å². The van der Waals surface area contributed by atoms with Crippen LogP contribution in [0.25, 0.3) is 5.57 Å². The monoisotopic (exact) mass is 422 g/mol. The van der Waals surface area contributed by atoms with Crippen molar-refractivity contribution in [1.82, 2.24) is 5.32 Å². The largest absolute Gasteiger partial charge is 0.349 e. The number of carbonyl (C=O) groups excluding carboxylic acids is 1. The fourth-order valence-electron chi connectivity index (χ4n) is 4.33. The molecule has 156 valence electrons. The Morgan fingerprint density at radius 3 is 2.40 bits per heavy atom. The number of hydrogen-bond donors (Lipinski definition) is 1. The SMILES string of the molecule is C=CCN1c2ccccc2C(c2ccccc2)=C(C(=O)NC2CCCCC2)S1(=O)=O. The van der Waals surface area contributed by atoms with Gasteiger partial charge in [-0.05, 0) is 24.5 Å². The number of anilines is 1. The number of para-hydroxylation sites is 1. The van der Waals surface area contributed by atoms with Crippen LogP contribution in [0.1, 0.15) is 43.2 Å². The highest BCUT2D eigenvalue weighted by molar-refractivity contribution is 7.97. The highest BCUT2D eigenvalue weighted by Crippen LogP contribution is 2.42. The molecule has 0 saturated heterocycles. The summed E-state index contributed by atoms with van der Waals surface area (Å²) in [6.45, 7) is 3.81. The standard InChI is InChI=1S/C24H26N2O3S/c1-2-17-26-21-16-10-9-15-20(21)22(18-11-5-3-6-12-18)23(30(26,28)29)24(27)25-19-13-7-4-8-14-19/h2-3,5-6,9-12,15-16,19H,1,4,7-8,13-14,17H2,(H,25,27). The molecule has 5 nitrogen and oxygen atoms in total. The molecule has 6 heteroatoms. The van der Waals surface area contributed by atoms with E-state index < -0.39 is 15.9 Å². The molecule has 1 aliphatic heterocycles. The summed E-state index contributed by atoms with van der Waals surface area (Å²) in [5.74, 6) is -0.524. The maximum Gasteiger partial charge on any atom is 0.270 e. The first kappa shape index (κ1) is 20.4. The number of amides is 1. The van der Waals surface area contributed by atoms with Crippen LogP contribution in [-0.4, -0.2) is 26.9 Å². The number of hydrogen-bond acceptors (Lipinski definition) is 3. The molecule has 1 heterocycles. The van der Waals surface area contributed by atoms with E-state index in [1.54, 1.807) is 18.2 Å². The topological polar surface area (TPSA) is 66.5 Å². The molecule has 0 spiro atoms. The van der Waals surface area contributed by atoms with Crippen LogP contribution < -0.4 is 9.62 Å². The van der Waals surface area contributed by atoms with Crippen molar-refractivity contribution in [3.8, 4) is 0 Å². The zero-order valence-corrected chi connectivity index (χ0v) is 17.7. The molecule has 30 heavy (non-hydrogen) atoms. The number of sulfonamides is 1. The van der Waals surface area contributed by atoms with E-state index in [0.29, 0.717) is 16.8 Å². The average Bonchev–Trinajstić information content (AvgIpc) is 2.76. The van der Waals surface area contributed by atoms with Gasteiger partial charge in [-0.3, -0.25) is 9.10 Å². The molecular weight excluding hydrogens is 396 g/mol. The average molecular weight is 423 g/mol. The van der Waals surface area contributed by atoms with E-state index in [2.05, 4.69) is 11.9 Å². The maximum atomic E-state index is 13.7. The van der Waals surface area contributed by atoms with Crippen molar-refractivity contribution in [3.05, 3.63) is 83.3 Å². The first-order valence-electron chi connectivity index (χ1n) is 10.4. The van der Waals surface area contributed by atoms with Crippen molar-refractivity contribution in [2.24, 2.45) is 0 Å². The lowest BCUT2D eigenvalue weighted by Gasteiger charge is -2.33. The minimum absolute atomic E-state index is 0.0102. The second kappa shape index (κ2) is 8.48. The summed E-state index contributed by atoms with van der Waals surface area (Å²) in [5.41, 5.74) is 2.46. The highest BCUT2D eigenvalue weighted by atomic mass is 32.2. The van der Waals surface area contributed by atoms with E-state index in [0.717, 1.165) is 37.7 Å². The Labute approximate surface area is 178 Å². The molecule has 0 unspecified atom stereocenters. The first-order valence-corrected chi connectivity index (χ1v) is 11.8. The van der Waals surface area contributed by atoms with E-state index in [1.807, 2.05) is 42.5 Å². The van der Waals surface area contributed by atoms with Gasteiger partial charge >= 0.3 is 0 Å². The molecule has 2 aromatic carbocycles. The summed E-state index contributed by atoms with van der Waals surface area (Å²) in [4.78, 5) is 13.2. The molecule has 1 fully saturated rings. The lowest BCUT2D eigenvalue weighted by atomic mass is 9.94. The maximum absolute atomic E-state index is 13.7. The molecule has 1 saturated carbocycles. The van der Waals surface area contributed by atoms with Gasteiger partial charge in [0.25, 0.3) is 15.9 Å². The van der Waals surface area contributed by atoms with Crippen LogP contribution in [0.15, 0.2) is 72.2 Å². The molecule has 0 atom stereocenters. The van der Waals surface area contributed by atoms with E-state index in [1.165, 1.54) is 4.31 Å². The van der Waals surface area contributed by atoms with E-state index in [9.17, 15) is 13.2 Å². The molecule has 4 rings (SSSR count). The molecule has 1 amide bonds. The van der Waals surface area contributed by atoms with Crippen LogP contribution in [0.5, 0.6) is 0 Å². The summed E-state index contributed by atoms with van der Waals surface area (Å²) in [6, 6.07) is 16.6. The van der Waals surface area contributed by atoms with Crippen molar-refractivity contribution in [3.63, 3.8) is 0 Å². The number of rotatable bonds is 5. The predicted molar refractivity (Wildman–Crippen MR) is 120 cm³/mol. The third-order valence-electron chi connectivity index (χ3n) is 5.72. The molecule has 0 radical (unpaired) electrons. The van der Waals surface area contributed by atoms with Crippen LogP contribution in [0.2, 0.25) is 0 Å². The number of nitrogens with one attached hydrogen (secondary N) is 1. The number of benzene rings is 2. The van der Waals surface area contributed by atoms with Gasteiger partial charge in [0.1, 0.15) is 0 Å². The smallest absolute Gasteiger partial charge is 0.270 e. The molecule has 2 aliphatic rings. The first-order chi connectivity index (χ1) is 14.5. The van der Waals surface area contributed by atoms with Crippen molar-refractivity contribution < 1.29 is 13.2 Å². The minimum Gasteiger partial charge on any atom is -0.349 e. The molecule has 1 N–H and O–H groups in total. The number of fused-ring (bicyclic) bond motifs is 1. The van der Waals surface area contributed by atoms with Gasteiger partial charge in [-0.2, -0.15) is 0 Å². The van der Waals surface area contributed by atoms with Gasteiger partial charge in [-0.25, -0.2) is 8.42 Å². The zero-order valence-electron chi connectivity index (χ0n) is 16.9. The van der Waals surface area contributed by atoms with Crippen LogP contribution >= 0.6 is 0 Å². The second-order valence-electron chi connectivity index (χ2n) is 7.72. The van der Waals surface area contributed by atoms with E-state index >= 15 is 0 Å². The molecular formula is C24H26N2O3S. The van der Waals surface area contributed by atoms with E-state index in [-0.39, 0.29) is 17.5 Å². The Kier molecular flexibility index (Phi) is 5.77.